The molecule has 0 N–H and O–H groups in total. The predicted octanol–water partition coefficient (Wildman–Crippen LogP) is 7.00. The second-order valence-corrected chi connectivity index (χ2v) is 6.64. The molecule has 0 radical (unpaired) electrons. The molecule has 0 atom stereocenters. The van der Waals surface area contributed by atoms with Gasteiger partial charge in [-0.3, -0.25) is 0 Å². The van der Waals surface area contributed by atoms with Crippen LogP contribution in [0, 0.1) is 6.92 Å². The fourth-order valence-electron chi connectivity index (χ4n) is 3.10. The van der Waals surface area contributed by atoms with Gasteiger partial charge < -0.3 is 8.83 Å². The van der Waals surface area contributed by atoms with Gasteiger partial charge in [0.2, 0.25) is 23.6 Å². The van der Waals surface area contributed by atoms with Gasteiger partial charge in [-0.25, -0.2) is 0 Å². The van der Waals surface area contributed by atoms with Crippen LogP contribution < -0.4 is 0 Å². The van der Waals surface area contributed by atoms with Gasteiger partial charge >= 0.3 is 0 Å². The van der Waals surface area contributed by atoms with Gasteiger partial charge in [-0.15, -0.1) is 20.4 Å². The fraction of sp³-hybridized carbons (Fsp3) is 0.154. The van der Waals surface area contributed by atoms with Crippen LogP contribution >= 0.6 is 12.6 Å². The Bertz CT molecular complexity index is 1170. The van der Waals surface area contributed by atoms with Crippen molar-refractivity contribution >= 4 is 12.6 Å². The molecular formula is C26H26N4O2S. The third-order valence-electron chi connectivity index (χ3n) is 4.46. The molecular weight excluding hydrogens is 432 g/mol. The molecule has 0 saturated heterocycles. The maximum Gasteiger partial charge on any atom is 0.248 e. The van der Waals surface area contributed by atoms with Gasteiger partial charge in [0.25, 0.3) is 0 Å². The van der Waals surface area contributed by atoms with Crippen molar-refractivity contribution in [3.05, 3.63) is 84.4 Å². The number of aromatic nitrogens is 4. The van der Waals surface area contributed by atoms with Crippen LogP contribution in [-0.4, -0.2) is 26.7 Å². The van der Waals surface area contributed by atoms with Crippen molar-refractivity contribution < 1.29 is 8.83 Å². The Morgan fingerprint density at radius 1 is 0.515 bits per heavy atom. The molecule has 3 aromatic carbocycles. The molecule has 0 fully saturated rings. The third kappa shape index (κ3) is 5.75. The summed E-state index contributed by atoms with van der Waals surface area (Å²) in [5.74, 6) is 1.84. The van der Waals surface area contributed by atoms with Gasteiger partial charge in [-0.1, -0.05) is 50.2 Å². The second-order valence-electron chi connectivity index (χ2n) is 6.64. The van der Waals surface area contributed by atoms with E-state index in [9.17, 15) is 0 Å². The molecule has 2 heterocycles. The standard InChI is InChI=1S/C23H16N4O2.C2H6.CH4S/c1-15-12-18(22-26-24-20(28-22)16-8-4-2-5-9-16)14-19(13-15)23-27-25-21(29-23)17-10-6-3-7-11-17;2*1-2/h2-14H,1H3;1-2H3;2H,1H3. The molecule has 0 aliphatic rings. The monoisotopic (exact) mass is 458 g/mol. The highest BCUT2D eigenvalue weighted by molar-refractivity contribution is 7.79. The molecule has 0 aliphatic carbocycles. The first-order chi connectivity index (χ1) is 16.3. The van der Waals surface area contributed by atoms with Crippen molar-refractivity contribution in [2.45, 2.75) is 20.8 Å². The summed E-state index contributed by atoms with van der Waals surface area (Å²) in [6.45, 7) is 6.00. The van der Waals surface area contributed by atoms with E-state index < -0.39 is 0 Å². The maximum atomic E-state index is 5.89. The molecule has 33 heavy (non-hydrogen) atoms. The summed E-state index contributed by atoms with van der Waals surface area (Å²) in [5, 5.41) is 16.8. The van der Waals surface area contributed by atoms with Crippen molar-refractivity contribution in [2.75, 3.05) is 6.26 Å². The van der Waals surface area contributed by atoms with Crippen LogP contribution in [0.5, 0.6) is 0 Å². The number of nitrogens with zero attached hydrogens (tertiary/aromatic N) is 4. The largest absolute Gasteiger partial charge is 0.416 e. The lowest BCUT2D eigenvalue weighted by Crippen LogP contribution is -1.85. The number of benzene rings is 3. The third-order valence-corrected chi connectivity index (χ3v) is 4.46. The summed E-state index contributed by atoms with van der Waals surface area (Å²) < 4.78 is 11.8. The highest BCUT2D eigenvalue weighted by Crippen LogP contribution is 2.30. The molecule has 0 aliphatic heterocycles. The minimum atomic E-state index is 0.441. The first-order valence-electron chi connectivity index (χ1n) is 10.6. The molecule has 0 saturated carbocycles. The van der Waals surface area contributed by atoms with E-state index in [1.807, 2.05) is 99.6 Å². The number of hydrogen-bond acceptors (Lipinski definition) is 7. The van der Waals surface area contributed by atoms with Gasteiger partial charge in [-0.2, -0.15) is 12.6 Å². The minimum absolute atomic E-state index is 0.441. The second kappa shape index (κ2) is 11.8. The van der Waals surface area contributed by atoms with Gasteiger partial charge in [-0.05, 0) is 61.2 Å². The first kappa shape index (κ1) is 23.9. The number of hydrogen-bond donors (Lipinski definition) is 1. The molecule has 0 unspecified atom stereocenters. The van der Waals surface area contributed by atoms with E-state index >= 15 is 0 Å². The Labute approximate surface area is 199 Å². The number of rotatable bonds is 4. The van der Waals surface area contributed by atoms with Crippen LogP contribution in [-0.2, 0) is 0 Å². The summed E-state index contributed by atoms with van der Waals surface area (Å²) >= 11 is 3.53. The zero-order valence-corrected chi connectivity index (χ0v) is 20.0. The quantitative estimate of drug-likeness (QED) is 0.292. The van der Waals surface area contributed by atoms with Gasteiger partial charge in [0.15, 0.2) is 0 Å². The van der Waals surface area contributed by atoms with Crippen LogP contribution in [0.4, 0.5) is 0 Å². The molecule has 168 valence electrons. The normalized spacial score (nSPS) is 9.97. The highest BCUT2D eigenvalue weighted by atomic mass is 32.1. The molecule has 6 nitrogen and oxygen atoms in total. The topological polar surface area (TPSA) is 77.8 Å². The molecule has 5 aromatic rings. The summed E-state index contributed by atoms with van der Waals surface area (Å²) in [7, 11) is 0. The zero-order chi connectivity index (χ0) is 23.6. The maximum absolute atomic E-state index is 5.89. The Morgan fingerprint density at radius 2 is 0.848 bits per heavy atom. The number of thiol groups is 1. The summed E-state index contributed by atoms with van der Waals surface area (Å²) in [5.41, 5.74) is 4.38. The molecule has 0 amide bonds. The molecule has 0 bridgehead atoms. The van der Waals surface area contributed by atoms with Crippen molar-refractivity contribution in [2.24, 2.45) is 0 Å². The van der Waals surface area contributed by atoms with E-state index in [0.29, 0.717) is 23.6 Å². The van der Waals surface area contributed by atoms with Crippen molar-refractivity contribution in [1.29, 1.82) is 0 Å². The lowest BCUT2D eigenvalue weighted by atomic mass is 10.1. The van der Waals surface area contributed by atoms with Crippen LogP contribution in [0.15, 0.2) is 87.7 Å². The predicted molar refractivity (Wildman–Crippen MR) is 135 cm³/mol. The minimum Gasteiger partial charge on any atom is -0.416 e. The van der Waals surface area contributed by atoms with Gasteiger partial charge in [0, 0.05) is 22.3 Å². The number of aryl methyl sites for hydroxylation is 1. The molecule has 7 heteroatoms. The van der Waals surface area contributed by atoms with E-state index in [1.165, 1.54) is 0 Å². The van der Waals surface area contributed by atoms with Crippen LogP contribution in [0.3, 0.4) is 0 Å². The van der Waals surface area contributed by atoms with Gasteiger partial charge in [0.05, 0.1) is 0 Å². The Kier molecular flexibility index (Phi) is 8.55. The Hall–Kier alpha value is -3.71. The summed E-state index contributed by atoms with van der Waals surface area (Å²) in [4.78, 5) is 0. The Balaban J connectivity index is 0.000000728. The van der Waals surface area contributed by atoms with Crippen LogP contribution in [0.2, 0.25) is 0 Å². The summed E-state index contributed by atoms with van der Waals surface area (Å²) in [6, 6.07) is 25.2. The van der Waals surface area contributed by atoms with Gasteiger partial charge in [0.1, 0.15) is 0 Å². The summed E-state index contributed by atoms with van der Waals surface area (Å²) in [6.07, 6.45) is 1.69. The lowest BCUT2D eigenvalue weighted by Gasteiger charge is -2.02. The van der Waals surface area contributed by atoms with E-state index in [0.717, 1.165) is 27.8 Å². The Morgan fingerprint density at radius 3 is 1.21 bits per heavy atom. The average Bonchev–Trinajstić information content (AvgIpc) is 3.58. The average molecular weight is 459 g/mol. The molecule has 5 rings (SSSR count). The van der Waals surface area contributed by atoms with E-state index in [-0.39, 0.29) is 0 Å². The zero-order valence-electron chi connectivity index (χ0n) is 19.1. The first-order valence-corrected chi connectivity index (χ1v) is 11.5. The van der Waals surface area contributed by atoms with E-state index in [1.54, 1.807) is 6.26 Å². The SMILES string of the molecule is CC.CS.Cc1cc(-c2nnc(-c3ccccc3)o2)cc(-c2nnc(-c3ccccc3)o2)c1. The molecule has 0 spiro atoms. The van der Waals surface area contributed by atoms with Crippen LogP contribution in [0.25, 0.3) is 45.8 Å². The fourth-order valence-corrected chi connectivity index (χ4v) is 3.10. The lowest BCUT2D eigenvalue weighted by molar-refractivity contribution is 0.582. The highest BCUT2D eigenvalue weighted by Gasteiger charge is 2.15. The van der Waals surface area contributed by atoms with Crippen LogP contribution in [0.1, 0.15) is 19.4 Å². The molecule has 2 aromatic heterocycles. The van der Waals surface area contributed by atoms with E-state index in [4.69, 9.17) is 8.83 Å². The van der Waals surface area contributed by atoms with Crippen molar-refractivity contribution in [3.63, 3.8) is 0 Å². The smallest absolute Gasteiger partial charge is 0.248 e. The van der Waals surface area contributed by atoms with Crippen molar-refractivity contribution in [3.8, 4) is 45.8 Å². The van der Waals surface area contributed by atoms with Crippen molar-refractivity contribution in [1.82, 2.24) is 20.4 Å². The van der Waals surface area contributed by atoms with E-state index in [2.05, 4.69) is 33.0 Å².